The van der Waals surface area contributed by atoms with E-state index in [-0.39, 0.29) is 12.6 Å². The number of hydrogen-bond acceptors (Lipinski definition) is 2. The summed E-state index contributed by atoms with van der Waals surface area (Å²) in [6.45, 7) is 0.229. The van der Waals surface area contributed by atoms with Crippen LogP contribution < -0.4 is 0 Å². The standard InChI is InChI=1S/C12H15NO3/c14-11-7-10(13(8-11)12(15)16)6-9-4-2-1-3-5-9/h1-5,10-11,14H,6-8H2,(H,15,16). The minimum absolute atomic E-state index is 0.102. The molecule has 1 amide bonds. The van der Waals surface area contributed by atoms with Crippen molar-refractivity contribution in [3.8, 4) is 0 Å². The molecule has 2 rings (SSSR count). The number of β-amino-alcohol motifs (C(OH)–C–C–N with tert-alkyl or cyclic N) is 1. The molecule has 0 aromatic heterocycles. The third-order valence-corrected chi connectivity index (χ3v) is 2.95. The molecular weight excluding hydrogens is 206 g/mol. The van der Waals surface area contributed by atoms with Gasteiger partial charge in [-0.1, -0.05) is 30.3 Å². The van der Waals surface area contributed by atoms with Crippen molar-refractivity contribution in [1.29, 1.82) is 0 Å². The third kappa shape index (κ3) is 2.33. The van der Waals surface area contributed by atoms with Crippen LogP contribution in [0.5, 0.6) is 0 Å². The van der Waals surface area contributed by atoms with Crippen LogP contribution in [-0.2, 0) is 6.42 Å². The van der Waals surface area contributed by atoms with Crippen LogP contribution in [0.4, 0.5) is 4.79 Å². The Morgan fingerprint density at radius 3 is 2.69 bits per heavy atom. The van der Waals surface area contributed by atoms with E-state index in [2.05, 4.69) is 0 Å². The number of nitrogens with zero attached hydrogens (tertiary/aromatic N) is 1. The van der Waals surface area contributed by atoms with E-state index in [1.54, 1.807) is 0 Å². The summed E-state index contributed by atoms with van der Waals surface area (Å²) in [6, 6.07) is 9.66. The minimum Gasteiger partial charge on any atom is -0.465 e. The second kappa shape index (κ2) is 4.53. The maximum atomic E-state index is 11.0. The number of aliphatic hydroxyl groups is 1. The fourth-order valence-electron chi connectivity index (χ4n) is 2.21. The molecule has 2 atom stereocenters. The van der Waals surface area contributed by atoms with E-state index in [9.17, 15) is 9.90 Å². The molecule has 4 nitrogen and oxygen atoms in total. The molecule has 0 saturated carbocycles. The molecule has 0 bridgehead atoms. The number of likely N-dealkylation sites (tertiary alicyclic amines) is 1. The number of benzene rings is 1. The summed E-state index contributed by atoms with van der Waals surface area (Å²) in [5.74, 6) is 0. The largest absolute Gasteiger partial charge is 0.465 e. The van der Waals surface area contributed by atoms with E-state index in [1.165, 1.54) is 4.90 Å². The molecule has 0 aliphatic carbocycles. The summed E-state index contributed by atoms with van der Waals surface area (Å²) in [4.78, 5) is 12.3. The lowest BCUT2D eigenvalue weighted by Crippen LogP contribution is -2.35. The molecule has 1 aromatic rings. The molecule has 1 saturated heterocycles. The number of aliphatic hydroxyl groups excluding tert-OH is 1. The van der Waals surface area contributed by atoms with Gasteiger partial charge < -0.3 is 15.1 Å². The Balaban J connectivity index is 2.06. The van der Waals surface area contributed by atoms with Crippen molar-refractivity contribution in [2.24, 2.45) is 0 Å². The van der Waals surface area contributed by atoms with Crippen molar-refractivity contribution in [3.05, 3.63) is 35.9 Å². The summed E-state index contributed by atoms with van der Waals surface area (Å²) in [6.07, 6.45) is -0.270. The van der Waals surface area contributed by atoms with Crippen molar-refractivity contribution < 1.29 is 15.0 Å². The monoisotopic (exact) mass is 221 g/mol. The minimum atomic E-state index is -0.947. The molecule has 0 spiro atoms. The number of hydrogen-bond donors (Lipinski definition) is 2. The second-order valence-corrected chi connectivity index (χ2v) is 4.17. The van der Waals surface area contributed by atoms with Crippen molar-refractivity contribution in [1.82, 2.24) is 4.90 Å². The molecule has 1 aromatic carbocycles. The lowest BCUT2D eigenvalue weighted by molar-refractivity contribution is 0.131. The fraction of sp³-hybridized carbons (Fsp3) is 0.417. The Kier molecular flexibility index (Phi) is 3.10. The number of carboxylic acid groups (broad SMARTS) is 1. The van der Waals surface area contributed by atoms with Crippen LogP contribution in [0.15, 0.2) is 30.3 Å². The molecule has 1 aliphatic heterocycles. The van der Waals surface area contributed by atoms with Gasteiger partial charge in [-0.25, -0.2) is 4.79 Å². The highest BCUT2D eigenvalue weighted by atomic mass is 16.4. The fourth-order valence-corrected chi connectivity index (χ4v) is 2.21. The number of amides is 1. The maximum Gasteiger partial charge on any atom is 0.407 e. The van der Waals surface area contributed by atoms with Crippen molar-refractivity contribution in [2.75, 3.05) is 6.54 Å². The zero-order valence-electron chi connectivity index (χ0n) is 8.91. The topological polar surface area (TPSA) is 60.8 Å². The van der Waals surface area contributed by atoms with Gasteiger partial charge in [0.05, 0.1) is 12.6 Å². The zero-order chi connectivity index (χ0) is 11.5. The molecule has 86 valence electrons. The summed E-state index contributed by atoms with van der Waals surface area (Å²) < 4.78 is 0. The van der Waals surface area contributed by atoms with Gasteiger partial charge in [-0.05, 0) is 18.4 Å². The van der Waals surface area contributed by atoms with Crippen LogP contribution in [0.2, 0.25) is 0 Å². The van der Waals surface area contributed by atoms with Gasteiger partial charge in [-0.2, -0.15) is 0 Å². The normalized spacial score (nSPS) is 24.7. The van der Waals surface area contributed by atoms with E-state index in [0.717, 1.165) is 5.56 Å². The highest BCUT2D eigenvalue weighted by Crippen LogP contribution is 2.21. The summed E-state index contributed by atoms with van der Waals surface area (Å²) in [5.41, 5.74) is 1.10. The van der Waals surface area contributed by atoms with Gasteiger partial charge in [-0.3, -0.25) is 0 Å². The molecule has 16 heavy (non-hydrogen) atoms. The SMILES string of the molecule is O=C(O)N1CC(O)CC1Cc1ccccc1. The smallest absolute Gasteiger partial charge is 0.407 e. The first-order chi connectivity index (χ1) is 7.66. The molecule has 2 unspecified atom stereocenters. The van der Waals surface area contributed by atoms with Crippen LogP contribution in [0, 0.1) is 0 Å². The summed E-state index contributed by atoms with van der Waals surface area (Å²) in [5, 5.41) is 18.5. The molecule has 1 fully saturated rings. The van der Waals surface area contributed by atoms with Gasteiger partial charge in [0.15, 0.2) is 0 Å². The molecule has 1 heterocycles. The van der Waals surface area contributed by atoms with Gasteiger partial charge in [0.2, 0.25) is 0 Å². The van der Waals surface area contributed by atoms with Crippen LogP contribution in [0.25, 0.3) is 0 Å². The first kappa shape index (κ1) is 11.0. The van der Waals surface area contributed by atoms with Crippen LogP contribution in [0.3, 0.4) is 0 Å². The molecule has 2 N–H and O–H groups in total. The highest BCUT2D eigenvalue weighted by Gasteiger charge is 2.33. The van der Waals surface area contributed by atoms with Crippen LogP contribution in [0.1, 0.15) is 12.0 Å². The predicted octanol–water partition coefficient (Wildman–Crippen LogP) is 1.34. The lowest BCUT2D eigenvalue weighted by atomic mass is 10.0. The van der Waals surface area contributed by atoms with E-state index >= 15 is 0 Å². The average molecular weight is 221 g/mol. The first-order valence-corrected chi connectivity index (χ1v) is 5.38. The summed E-state index contributed by atoms with van der Waals surface area (Å²) >= 11 is 0. The molecule has 4 heteroatoms. The Labute approximate surface area is 94.1 Å². The zero-order valence-corrected chi connectivity index (χ0v) is 8.91. The van der Waals surface area contributed by atoms with Gasteiger partial charge in [0.1, 0.15) is 0 Å². The quantitative estimate of drug-likeness (QED) is 0.792. The Morgan fingerprint density at radius 2 is 2.06 bits per heavy atom. The van der Waals surface area contributed by atoms with Gasteiger partial charge in [0, 0.05) is 6.04 Å². The van der Waals surface area contributed by atoms with Gasteiger partial charge >= 0.3 is 6.09 Å². The first-order valence-electron chi connectivity index (χ1n) is 5.38. The highest BCUT2D eigenvalue weighted by molar-refractivity contribution is 5.66. The van der Waals surface area contributed by atoms with E-state index < -0.39 is 12.2 Å². The van der Waals surface area contributed by atoms with Crippen molar-refractivity contribution in [2.45, 2.75) is 25.0 Å². The lowest BCUT2D eigenvalue weighted by Gasteiger charge is -2.20. The number of carbonyl (C=O) groups is 1. The molecule has 1 aliphatic rings. The van der Waals surface area contributed by atoms with E-state index in [0.29, 0.717) is 12.8 Å². The van der Waals surface area contributed by atoms with Gasteiger partial charge in [0.25, 0.3) is 0 Å². The third-order valence-electron chi connectivity index (χ3n) is 2.95. The molecular formula is C12H15NO3. The number of rotatable bonds is 2. The van der Waals surface area contributed by atoms with Crippen LogP contribution in [-0.4, -0.2) is 39.9 Å². The predicted molar refractivity (Wildman–Crippen MR) is 59.3 cm³/mol. The average Bonchev–Trinajstić information content (AvgIpc) is 2.61. The van der Waals surface area contributed by atoms with Crippen molar-refractivity contribution >= 4 is 6.09 Å². The van der Waals surface area contributed by atoms with E-state index in [1.807, 2.05) is 30.3 Å². The Morgan fingerprint density at radius 1 is 1.38 bits per heavy atom. The Bertz CT molecular complexity index is 366. The molecule has 0 radical (unpaired) electrons. The second-order valence-electron chi connectivity index (χ2n) is 4.17. The van der Waals surface area contributed by atoms with Crippen LogP contribution >= 0.6 is 0 Å². The maximum absolute atomic E-state index is 11.0. The van der Waals surface area contributed by atoms with Gasteiger partial charge in [-0.15, -0.1) is 0 Å². The Hall–Kier alpha value is -1.55. The summed E-state index contributed by atoms with van der Waals surface area (Å²) in [7, 11) is 0. The van der Waals surface area contributed by atoms with E-state index in [4.69, 9.17) is 5.11 Å². The van der Waals surface area contributed by atoms with Crippen molar-refractivity contribution in [3.63, 3.8) is 0 Å².